The Kier molecular flexibility index (Phi) is 4.20. The molecule has 0 atom stereocenters. The first-order chi connectivity index (χ1) is 7.63. The van der Waals surface area contributed by atoms with Gasteiger partial charge in [0.2, 0.25) is 5.91 Å². The minimum atomic E-state index is -0.598. The summed E-state index contributed by atoms with van der Waals surface area (Å²) in [5.41, 5.74) is 0.791. The highest BCUT2D eigenvalue weighted by atomic mass is 16.5. The molecule has 84 valence electrons. The smallest absolute Gasteiger partial charge is 0.354 e. The second-order valence-corrected chi connectivity index (χ2v) is 3.02. The number of ether oxygens (including phenoxy) is 1. The number of rotatable bonds is 3. The lowest BCUT2D eigenvalue weighted by atomic mass is 10.2. The van der Waals surface area contributed by atoms with Gasteiger partial charge in [-0.1, -0.05) is 6.07 Å². The molecule has 0 aliphatic rings. The molecule has 0 aliphatic heterocycles. The molecule has 0 aliphatic carbocycles. The third-order valence-corrected chi connectivity index (χ3v) is 1.71. The molecule has 1 amide bonds. The minimum Gasteiger partial charge on any atom is -0.464 e. The fourth-order valence-electron chi connectivity index (χ4n) is 1.07. The van der Waals surface area contributed by atoms with Gasteiger partial charge in [-0.2, -0.15) is 0 Å². The highest BCUT2D eigenvalue weighted by Crippen LogP contribution is 2.04. The quantitative estimate of drug-likeness (QED) is 0.602. The molecule has 0 saturated carbocycles. The predicted octanol–water partition coefficient (Wildman–Crippen LogP) is 0.732. The van der Waals surface area contributed by atoms with E-state index < -0.39 is 5.97 Å². The summed E-state index contributed by atoms with van der Waals surface area (Å²) in [4.78, 5) is 26.1. The van der Waals surface area contributed by atoms with E-state index in [0.717, 1.165) is 0 Å². The number of nitrogens with one attached hydrogen (secondary N) is 1. The van der Waals surface area contributed by atoms with Crippen molar-refractivity contribution in [1.82, 2.24) is 10.3 Å². The maximum Gasteiger partial charge on any atom is 0.354 e. The minimum absolute atomic E-state index is 0.0861. The van der Waals surface area contributed by atoms with E-state index in [9.17, 15) is 9.59 Å². The molecule has 0 spiro atoms. The van der Waals surface area contributed by atoms with Crippen molar-refractivity contribution in [1.29, 1.82) is 0 Å². The van der Waals surface area contributed by atoms with Crippen LogP contribution < -0.4 is 5.32 Å². The molecule has 5 heteroatoms. The fraction of sp³-hybridized carbons (Fsp3) is 0.182. The van der Waals surface area contributed by atoms with Gasteiger partial charge in [0, 0.05) is 19.3 Å². The van der Waals surface area contributed by atoms with Crippen molar-refractivity contribution in [3.8, 4) is 0 Å². The van der Waals surface area contributed by atoms with Crippen LogP contribution in [0.3, 0.4) is 0 Å². The molecule has 0 saturated heterocycles. The summed E-state index contributed by atoms with van der Waals surface area (Å²) in [5, 5.41) is 2.40. The van der Waals surface area contributed by atoms with E-state index in [1.165, 1.54) is 20.1 Å². The molecule has 1 heterocycles. The van der Waals surface area contributed by atoms with Crippen molar-refractivity contribution in [2.45, 2.75) is 6.92 Å². The number of pyridine rings is 1. The molecule has 1 aromatic heterocycles. The van der Waals surface area contributed by atoms with E-state index in [-0.39, 0.29) is 11.6 Å². The summed E-state index contributed by atoms with van der Waals surface area (Å²) < 4.78 is 4.54. The monoisotopic (exact) mass is 220 g/mol. The van der Waals surface area contributed by atoms with Gasteiger partial charge in [0.15, 0.2) is 0 Å². The summed E-state index contributed by atoms with van der Waals surface area (Å²) in [6.07, 6.45) is 4.69. The lowest BCUT2D eigenvalue weighted by molar-refractivity contribution is -0.137. The summed E-state index contributed by atoms with van der Waals surface area (Å²) in [6.45, 7) is 1.32. The number of hydrogen-bond acceptors (Lipinski definition) is 4. The van der Waals surface area contributed by atoms with Crippen molar-refractivity contribution >= 4 is 18.0 Å². The summed E-state index contributed by atoms with van der Waals surface area (Å²) in [5.74, 6) is -0.931. The zero-order valence-corrected chi connectivity index (χ0v) is 9.06. The maximum absolute atomic E-state index is 11.3. The van der Waals surface area contributed by atoms with Gasteiger partial charge in [-0.15, -0.1) is 0 Å². The second-order valence-electron chi connectivity index (χ2n) is 3.02. The number of hydrogen-bond donors (Lipinski definition) is 1. The van der Waals surface area contributed by atoms with Crippen molar-refractivity contribution in [3.63, 3.8) is 0 Å². The molecule has 0 bridgehead atoms. The third-order valence-electron chi connectivity index (χ3n) is 1.71. The second kappa shape index (κ2) is 5.65. The standard InChI is InChI=1S/C11H12N2O3/c1-8(14)13-10(11(15)16-2)6-9-4-3-5-12-7-9/h3-7H,1-2H3,(H,13,14). The number of esters is 1. The third kappa shape index (κ3) is 3.53. The predicted molar refractivity (Wildman–Crippen MR) is 58.0 cm³/mol. The SMILES string of the molecule is COC(=O)C(=Cc1cccnc1)NC(C)=O. The Morgan fingerprint density at radius 2 is 2.25 bits per heavy atom. The Morgan fingerprint density at radius 1 is 1.50 bits per heavy atom. The van der Waals surface area contributed by atoms with Crippen LogP contribution in [0.25, 0.3) is 6.08 Å². The van der Waals surface area contributed by atoms with Gasteiger partial charge in [-0.25, -0.2) is 4.79 Å². The number of nitrogens with zero attached hydrogens (tertiary/aromatic N) is 1. The number of amides is 1. The highest BCUT2D eigenvalue weighted by Gasteiger charge is 2.10. The van der Waals surface area contributed by atoms with Crippen molar-refractivity contribution in [2.24, 2.45) is 0 Å². The Morgan fingerprint density at radius 3 is 2.75 bits per heavy atom. The molecule has 16 heavy (non-hydrogen) atoms. The number of aromatic nitrogens is 1. The first-order valence-corrected chi connectivity index (χ1v) is 4.61. The zero-order valence-electron chi connectivity index (χ0n) is 9.06. The van der Waals surface area contributed by atoms with Crippen LogP contribution in [0.15, 0.2) is 30.2 Å². The molecular formula is C11H12N2O3. The van der Waals surface area contributed by atoms with E-state index in [2.05, 4.69) is 15.0 Å². The Labute approximate surface area is 93.1 Å². The number of carbonyl (C=O) groups is 2. The molecule has 1 aromatic rings. The van der Waals surface area contributed by atoms with Crippen molar-refractivity contribution < 1.29 is 14.3 Å². The van der Waals surface area contributed by atoms with Crippen LogP contribution in [-0.4, -0.2) is 24.0 Å². The topological polar surface area (TPSA) is 68.3 Å². The largest absolute Gasteiger partial charge is 0.464 e. The average molecular weight is 220 g/mol. The van der Waals surface area contributed by atoms with Gasteiger partial charge >= 0.3 is 5.97 Å². The molecule has 1 N–H and O–H groups in total. The lowest BCUT2D eigenvalue weighted by Gasteiger charge is -2.05. The maximum atomic E-state index is 11.3. The molecule has 0 fully saturated rings. The first-order valence-electron chi connectivity index (χ1n) is 4.61. The Bertz CT molecular complexity index is 412. The van der Waals surface area contributed by atoms with E-state index >= 15 is 0 Å². The van der Waals surface area contributed by atoms with Gasteiger partial charge < -0.3 is 10.1 Å². The van der Waals surface area contributed by atoms with Crippen LogP contribution in [0, 0.1) is 0 Å². The van der Waals surface area contributed by atoms with E-state index in [1.54, 1.807) is 24.5 Å². The van der Waals surface area contributed by atoms with Gasteiger partial charge in [-0.05, 0) is 17.7 Å². The highest BCUT2D eigenvalue weighted by molar-refractivity contribution is 5.97. The van der Waals surface area contributed by atoms with Crippen LogP contribution in [0.5, 0.6) is 0 Å². The van der Waals surface area contributed by atoms with Gasteiger partial charge in [-0.3, -0.25) is 9.78 Å². The number of methoxy groups -OCH3 is 1. The Balaban J connectivity index is 2.96. The van der Waals surface area contributed by atoms with E-state index in [4.69, 9.17) is 0 Å². The number of carbonyl (C=O) groups excluding carboxylic acids is 2. The van der Waals surface area contributed by atoms with E-state index in [0.29, 0.717) is 5.56 Å². The van der Waals surface area contributed by atoms with Crippen molar-refractivity contribution in [2.75, 3.05) is 7.11 Å². The molecule has 0 radical (unpaired) electrons. The first kappa shape index (κ1) is 11.9. The van der Waals surface area contributed by atoms with Gasteiger partial charge in [0.05, 0.1) is 7.11 Å². The Hall–Kier alpha value is -2.17. The molecule has 0 unspecified atom stereocenters. The average Bonchev–Trinajstić information content (AvgIpc) is 2.28. The van der Waals surface area contributed by atoms with Gasteiger partial charge in [0.25, 0.3) is 0 Å². The molecule has 0 aromatic carbocycles. The molecule has 5 nitrogen and oxygen atoms in total. The molecule has 1 rings (SSSR count). The molecular weight excluding hydrogens is 208 g/mol. The van der Waals surface area contributed by atoms with Crippen LogP contribution in [-0.2, 0) is 14.3 Å². The van der Waals surface area contributed by atoms with Crippen LogP contribution >= 0.6 is 0 Å². The van der Waals surface area contributed by atoms with Crippen LogP contribution in [0.4, 0.5) is 0 Å². The summed E-state index contributed by atoms with van der Waals surface area (Å²) in [7, 11) is 1.25. The van der Waals surface area contributed by atoms with Crippen LogP contribution in [0.1, 0.15) is 12.5 Å². The fourth-order valence-corrected chi connectivity index (χ4v) is 1.07. The van der Waals surface area contributed by atoms with Gasteiger partial charge in [0.1, 0.15) is 5.70 Å². The van der Waals surface area contributed by atoms with E-state index in [1.807, 2.05) is 0 Å². The van der Waals surface area contributed by atoms with Crippen LogP contribution in [0.2, 0.25) is 0 Å². The summed E-state index contributed by atoms with van der Waals surface area (Å²) in [6, 6.07) is 3.49. The summed E-state index contributed by atoms with van der Waals surface area (Å²) >= 11 is 0. The van der Waals surface area contributed by atoms with Crippen molar-refractivity contribution in [3.05, 3.63) is 35.8 Å². The lowest BCUT2D eigenvalue weighted by Crippen LogP contribution is -2.25. The zero-order chi connectivity index (χ0) is 12.0. The normalized spacial score (nSPS) is 10.8.